The van der Waals surface area contributed by atoms with Crippen LogP contribution in [0.5, 0.6) is 11.5 Å². The molecule has 2 unspecified atom stereocenters. The maximum absolute atomic E-state index is 12.7. The Bertz CT molecular complexity index is 1180. The Morgan fingerprint density at radius 3 is 2.86 bits per heavy atom. The Hall–Kier alpha value is -3.09. The van der Waals surface area contributed by atoms with Crippen LogP contribution in [0.2, 0.25) is 0 Å². The molecule has 7 nitrogen and oxygen atoms in total. The second-order valence-corrected chi connectivity index (χ2v) is 8.03. The summed E-state index contributed by atoms with van der Waals surface area (Å²) in [7, 11) is 0. The van der Waals surface area contributed by atoms with E-state index in [1.54, 1.807) is 6.07 Å². The van der Waals surface area contributed by atoms with E-state index in [1.807, 2.05) is 13.0 Å². The molecule has 1 fully saturated rings. The van der Waals surface area contributed by atoms with Crippen molar-refractivity contribution in [3.8, 4) is 22.9 Å². The van der Waals surface area contributed by atoms with Crippen LogP contribution in [0, 0.1) is 6.92 Å². The third-order valence-electron chi connectivity index (χ3n) is 6.19. The standard InChI is InChI=1S/C22H21N3O4/c1-12-9-17(26)20(16-3-2-6-25(12)16)21-23-22(29-24-21)15-11-14(15)13-4-5-18-19(10-13)28-8-7-27-18/h4-5,9-10,14-15H,2-3,6-8,11H2,1H3. The molecule has 0 N–H and O–H groups in total. The molecule has 0 bridgehead atoms. The number of nitrogens with zero attached hydrogens (tertiary/aromatic N) is 3. The molecule has 3 aliphatic rings. The van der Waals surface area contributed by atoms with Crippen molar-refractivity contribution in [1.29, 1.82) is 0 Å². The molecule has 0 saturated heterocycles. The average Bonchev–Trinajstić information content (AvgIpc) is 3.12. The van der Waals surface area contributed by atoms with Crippen LogP contribution >= 0.6 is 0 Å². The van der Waals surface area contributed by atoms with Crippen molar-refractivity contribution >= 4 is 0 Å². The maximum atomic E-state index is 12.7. The molecule has 1 aliphatic carbocycles. The van der Waals surface area contributed by atoms with Crippen LogP contribution in [-0.4, -0.2) is 27.9 Å². The fourth-order valence-electron chi connectivity index (χ4n) is 4.66. The number of hydrogen-bond acceptors (Lipinski definition) is 6. The second-order valence-electron chi connectivity index (χ2n) is 8.03. The number of aromatic nitrogens is 3. The van der Waals surface area contributed by atoms with E-state index >= 15 is 0 Å². The van der Waals surface area contributed by atoms with Crippen LogP contribution in [0.3, 0.4) is 0 Å². The highest BCUT2D eigenvalue weighted by molar-refractivity contribution is 5.59. The van der Waals surface area contributed by atoms with Gasteiger partial charge in [-0.2, -0.15) is 4.98 Å². The minimum Gasteiger partial charge on any atom is -0.486 e. The lowest BCUT2D eigenvalue weighted by molar-refractivity contribution is 0.171. The zero-order valence-corrected chi connectivity index (χ0v) is 16.2. The van der Waals surface area contributed by atoms with Gasteiger partial charge in [-0.3, -0.25) is 4.79 Å². The molecular weight excluding hydrogens is 370 g/mol. The third kappa shape index (κ3) is 2.68. The van der Waals surface area contributed by atoms with E-state index in [-0.39, 0.29) is 11.3 Å². The van der Waals surface area contributed by atoms with Gasteiger partial charge in [0.1, 0.15) is 13.2 Å². The fourth-order valence-corrected chi connectivity index (χ4v) is 4.66. The van der Waals surface area contributed by atoms with Gasteiger partial charge in [-0.15, -0.1) is 0 Å². The highest BCUT2D eigenvalue weighted by Gasteiger charge is 2.44. The molecule has 3 aromatic rings. The summed E-state index contributed by atoms with van der Waals surface area (Å²) in [5.74, 6) is 3.13. The number of pyridine rings is 1. The summed E-state index contributed by atoms with van der Waals surface area (Å²) in [6.07, 6.45) is 2.86. The first-order valence-electron chi connectivity index (χ1n) is 10.2. The Balaban J connectivity index is 1.29. The number of benzene rings is 1. The first-order valence-corrected chi connectivity index (χ1v) is 10.2. The molecule has 6 rings (SSSR count). The predicted octanol–water partition coefficient (Wildman–Crippen LogP) is 3.20. The van der Waals surface area contributed by atoms with E-state index in [0.717, 1.165) is 48.7 Å². The molecule has 2 aliphatic heterocycles. The van der Waals surface area contributed by atoms with Gasteiger partial charge in [0.25, 0.3) is 0 Å². The van der Waals surface area contributed by atoms with Gasteiger partial charge in [-0.25, -0.2) is 0 Å². The van der Waals surface area contributed by atoms with Crippen LogP contribution in [0.25, 0.3) is 11.4 Å². The van der Waals surface area contributed by atoms with Crippen molar-refractivity contribution in [3.63, 3.8) is 0 Å². The minimum absolute atomic E-state index is 0.0258. The Kier molecular flexibility index (Phi) is 3.60. The fraction of sp³-hybridized carbons (Fsp3) is 0.409. The molecule has 2 atom stereocenters. The van der Waals surface area contributed by atoms with Crippen molar-refractivity contribution in [2.24, 2.45) is 0 Å². The van der Waals surface area contributed by atoms with Gasteiger partial charge in [-0.05, 0) is 49.8 Å². The van der Waals surface area contributed by atoms with Gasteiger partial charge in [-0.1, -0.05) is 11.2 Å². The first kappa shape index (κ1) is 16.8. The molecule has 4 heterocycles. The van der Waals surface area contributed by atoms with E-state index in [0.29, 0.717) is 36.4 Å². The molecule has 1 aromatic carbocycles. The summed E-state index contributed by atoms with van der Waals surface area (Å²) < 4.78 is 19.1. The highest BCUT2D eigenvalue weighted by Crippen LogP contribution is 2.55. The summed E-state index contributed by atoms with van der Waals surface area (Å²) in [5, 5.41) is 4.17. The van der Waals surface area contributed by atoms with Crippen molar-refractivity contribution in [2.45, 2.75) is 44.6 Å². The Labute approximate surface area is 167 Å². The number of ether oxygens (including phenoxy) is 2. The van der Waals surface area contributed by atoms with Crippen molar-refractivity contribution in [1.82, 2.24) is 14.7 Å². The van der Waals surface area contributed by atoms with Crippen molar-refractivity contribution < 1.29 is 14.0 Å². The zero-order valence-electron chi connectivity index (χ0n) is 16.2. The van der Waals surface area contributed by atoms with Gasteiger partial charge >= 0.3 is 0 Å². The molecule has 29 heavy (non-hydrogen) atoms. The maximum Gasteiger partial charge on any atom is 0.230 e. The first-order chi connectivity index (χ1) is 14.2. The van der Waals surface area contributed by atoms with Gasteiger partial charge in [0.2, 0.25) is 11.7 Å². The molecule has 148 valence electrons. The lowest BCUT2D eigenvalue weighted by atomic mass is 10.1. The summed E-state index contributed by atoms with van der Waals surface area (Å²) in [6.45, 7) is 4.08. The van der Waals surface area contributed by atoms with Crippen LogP contribution in [0.1, 0.15) is 47.5 Å². The van der Waals surface area contributed by atoms with Crippen molar-refractivity contribution in [3.05, 3.63) is 57.3 Å². The quantitative estimate of drug-likeness (QED) is 0.682. The van der Waals surface area contributed by atoms with Gasteiger partial charge < -0.3 is 18.6 Å². The topological polar surface area (TPSA) is 79.4 Å². The normalized spacial score (nSPS) is 21.8. The molecule has 0 spiro atoms. The highest BCUT2D eigenvalue weighted by atomic mass is 16.6. The average molecular weight is 391 g/mol. The second kappa shape index (κ2) is 6.20. The molecule has 7 heteroatoms. The van der Waals surface area contributed by atoms with Crippen LogP contribution in [-0.2, 0) is 13.0 Å². The summed E-state index contributed by atoms with van der Waals surface area (Å²) in [4.78, 5) is 17.3. The molecular formula is C22H21N3O4. The lowest BCUT2D eigenvalue weighted by Crippen LogP contribution is -2.15. The third-order valence-corrected chi connectivity index (χ3v) is 6.19. The predicted molar refractivity (Wildman–Crippen MR) is 105 cm³/mol. The smallest absolute Gasteiger partial charge is 0.230 e. The molecule has 2 aromatic heterocycles. The largest absolute Gasteiger partial charge is 0.486 e. The van der Waals surface area contributed by atoms with E-state index in [1.165, 1.54) is 5.56 Å². The summed E-state index contributed by atoms with van der Waals surface area (Å²) >= 11 is 0. The molecule has 1 saturated carbocycles. The number of aryl methyl sites for hydroxylation is 1. The SMILES string of the molecule is Cc1cc(=O)c(-c2noc(C3CC3c3ccc4c(c3)OCCO4)n2)c2n1CCC2. The van der Waals surface area contributed by atoms with Crippen molar-refractivity contribution in [2.75, 3.05) is 13.2 Å². The monoisotopic (exact) mass is 391 g/mol. The van der Waals surface area contributed by atoms with Crippen LogP contribution < -0.4 is 14.9 Å². The molecule has 0 amide bonds. The van der Waals surface area contributed by atoms with E-state index in [2.05, 4.69) is 26.8 Å². The number of hydrogen-bond donors (Lipinski definition) is 0. The summed E-state index contributed by atoms with van der Waals surface area (Å²) in [6, 6.07) is 7.77. The number of rotatable bonds is 3. The van der Waals surface area contributed by atoms with E-state index < -0.39 is 0 Å². The van der Waals surface area contributed by atoms with Gasteiger partial charge in [0, 0.05) is 29.9 Å². The van der Waals surface area contributed by atoms with Gasteiger partial charge in [0.05, 0.1) is 5.56 Å². The van der Waals surface area contributed by atoms with E-state index in [4.69, 9.17) is 14.0 Å². The number of fused-ring (bicyclic) bond motifs is 2. The molecule has 0 radical (unpaired) electrons. The zero-order chi connectivity index (χ0) is 19.5. The van der Waals surface area contributed by atoms with Crippen LogP contribution in [0.4, 0.5) is 0 Å². The van der Waals surface area contributed by atoms with Crippen LogP contribution in [0.15, 0.2) is 33.6 Å². The van der Waals surface area contributed by atoms with E-state index in [9.17, 15) is 4.79 Å². The van der Waals surface area contributed by atoms with Gasteiger partial charge in [0.15, 0.2) is 16.9 Å². The Morgan fingerprint density at radius 2 is 1.97 bits per heavy atom. The Morgan fingerprint density at radius 1 is 1.10 bits per heavy atom. The lowest BCUT2D eigenvalue weighted by Gasteiger charge is -2.18. The summed E-state index contributed by atoms with van der Waals surface area (Å²) in [5.41, 5.74) is 3.79. The minimum atomic E-state index is -0.0258.